The maximum absolute atomic E-state index is 12.6. The Balaban J connectivity index is 2.37. The molecule has 0 radical (unpaired) electrons. The van der Waals surface area contributed by atoms with Crippen molar-refractivity contribution in [3.05, 3.63) is 28.7 Å². The van der Waals surface area contributed by atoms with Crippen LogP contribution in [-0.2, 0) is 9.59 Å². The van der Waals surface area contributed by atoms with Gasteiger partial charge in [-0.25, -0.2) is 4.79 Å². The van der Waals surface area contributed by atoms with E-state index in [1.54, 1.807) is 38.3 Å². The molecule has 1 aromatic rings. The first-order valence-electron chi connectivity index (χ1n) is 7.14. The minimum absolute atomic E-state index is 0.243. The van der Waals surface area contributed by atoms with Gasteiger partial charge in [0.1, 0.15) is 21.9 Å². The van der Waals surface area contributed by atoms with E-state index >= 15 is 0 Å². The van der Waals surface area contributed by atoms with Crippen LogP contribution < -0.4 is 9.47 Å². The van der Waals surface area contributed by atoms with Gasteiger partial charge in [-0.1, -0.05) is 30.9 Å². The molecule has 128 valence electrons. The van der Waals surface area contributed by atoms with Gasteiger partial charge in [0.2, 0.25) is 0 Å². The van der Waals surface area contributed by atoms with E-state index in [9.17, 15) is 14.7 Å². The summed E-state index contributed by atoms with van der Waals surface area (Å²) in [5, 5.41) is 9.27. The van der Waals surface area contributed by atoms with Gasteiger partial charge >= 0.3 is 5.97 Å². The monoisotopic (exact) mass is 367 g/mol. The standard InChI is InChI=1S/C16H17NO5S2/c1-4-11(15(19)20)17-14(18)13(24-16(17)23)7-9-5-6-10(21-2)8-12(9)22-3/h5-8,11H,4H2,1-3H3,(H,19,20)/b13-7+/t11-/m1/s1. The summed E-state index contributed by atoms with van der Waals surface area (Å²) >= 11 is 6.27. The summed E-state index contributed by atoms with van der Waals surface area (Å²) < 4.78 is 10.7. The molecule has 1 heterocycles. The van der Waals surface area contributed by atoms with Crippen molar-refractivity contribution in [2.24, 2.45) is 0 Å². The summed E-state index contributed by atoms with van der Waals surface area (Å²) in [4.78, 5) is 25.4. The molecular weight excluding hydrogens is 350 g/mol. The van der Waals surface area contributed by atoms with Crippen molar-refractivity contribution in [3.63, 3.8) is 0 Å². The molecule has 1 fully saturated rings. The third-order valence-corrected chi connectivity index (χ3v) is 4.86. The predicted molar refractivity (Wildman–Crippen MR) is 96.3 cm³/mol. The Bertz CT molecular complexity index is 716. The molecule has 0 bridgehead atoms. The van der Waals surface area contributed by atoms with E-state index in [0.29, 0.717) is 22.0 Å². The number of nitrogens with zero attached hydrogens (tertiary/aromatic N) is 1. The lowest BCUT2D eigenvalue weighted by molar-refractivity contribution is -0.145. The summed E-state index contributed by atoms with van der Waals surface area (Å²) in [7, 11) is 3.07. The third-order valence-electron chi connectivity index (χ3n) is 3.53. The summed E-state index contributed by atoms with van der Waals surface area (Å²) in [5.41, 5.74) is 0.683. The highest BCUT2D eigenvalue weighted by Crippen LogP contribution is 2.36. The van der Waals surface area contributed by atoms with Crippen molar-refractivity contribution in [1.82, 2.24) is 4.90 Å². The smallest absolute Gasteiger partial charge is 0.326 e. The first-order chi connectivity index (χ1) is 11.4. The van der Waals surface area contributed by atoms with Crippen LogP contribution in [0.25, 0.3) is 6.08 Å². The van der Waals surface area contributed by atoms with Gasteiger partial charge < -0.3 is 14.6 Å². The molecule has 1 aromatic carbocycles. The number of rotatable bonds is 6. The van der Waals surface area contributed by atoms with Crippen molar-refractivity contribution < 1.29 is 24.2 Å². The van der Waals surface area contributed by atoms with Gasteiger partial charge in [0.05, 0.1) is 19.1 Å². The normalized spacial score (nSPS) is 17.3. The summed E-state index contributed by atoms with van der Waals surface area (Å²) in [6, 6.07) is 4.26. The van der Waals surface area contributed by atoms with E-state index in [-0.39, 0.29) is 10.7 Å². The van der Waals surface area contributed by atoms with Crippen LogP contribution in [0.2, 0.25) is 0 Å². The zero-order chi connectivity index (χ0) is 17.9. The highest BCUT2D eigenvalue weighted by molar-refractivity contribution is 8.26. The molecule has 0 spiro atoms. The third kappa shape index (κ3) is 3.54. The van der Waals surface area contributed by atoms with E-state index in [1.807, 2.05) is 0 Å². The number of carbonyl (C=O) groups excluding carboxylic acids is 1. The first kappa shape index (κ1) is 18.3. The van der Waals surface area contributed by atoms with Gasteiger partial charge in [0, 0.05) is 11.6 Å². The molecule has 6 nitrogen and oxygen atoms in total. The van der Waals surface area contributed by atoms with Gasteiger partial charge in [-0.15, -0.1) is 0 Å². The van der Waals surface area contributed by atoms with Crippen LogP contribution >= 0.6 is 24.0 Å². The summed E-state index contributed by atoms with van der Waals surface area (Å²) in [6.45, 7) is 1.70. The molecule has 2 rings (SSSR count). The molecule has 8 heteroatoms. The van der Waals surface area contributed by atoms with Crippen LogP contribution in [0.5, 0.6) is 11.5 Å². The molecule has 0 saturated carbocycles. The Kier molecular flexibility index (Phi) is 5.84. The maximum Gasteiger partial charge on any atom is 0.326 e. The van der Waals surface area contributed by atoms with Crippen LogP contribution in [0.3, 0.4) is 0 Å². The molecule has 0 aliphatic carbocycles. The number of thiocarbonyl (C=S) groups is 1. The largest absolute Gasteiger partial charge is 0.497 e. The quantitative estimate of drug-likeness (QED) is 0.612. The lowest BCUT2D eigenvalue weighted by atomic mass is 10.1. The molecular formula is C16H17NO5S2. The number of benzene rings is 1. The molecule has 1 N–H and O–H groups in total. The fourth-order valence-electron chi connectivity index (χ4n) is 2.30. The van der Waals surface area contributed by atoms with Crippen LogP contribution in [0.4, 0.5) is 0 Å². The summed E-state index contributed by atoms with van der Waals surface area (Å²) in [6.07, 6.45) is 1.92. The highest BCUT2D eigenvalue weighted by atomic mass is 32.2. The van der Waals surface area contributed by atoms with Gasteiger partial charge in [-0.05, 0) is 24.6 Å². The zero-order valence-corrected chi connectivity index (χ0v) is 15.1. The number of amides is 1. The zero-order valence-electron chi connectivity index (χ0n) is 13.4. The lowest BCUT2D eigenvalue weighted by Gasteiger charge is -2.21. The van der Waals surface area contributed by atoms with Crippen molar-refractivity contribution in [2.75, 3.05) is 14.2 Å². The topological polar surface area (TPSA) is 76.1 Å². The number of hydrogen-bond acceptors (Lipinski definition) is 6. The highest BCUT2D eigenvalue weighted by Gasteiger charge is 2.39. The fraction of sp³-hybridized carbons (Fsp3) is 0.312. The molecule has 1 atom stereocenters. The predicted octanol–water partition coefficient (Wildman–Crippen LogP) is 2.77. The Morgan fingerprint density at radius 1 is 1.42 bits per heavy atom. The Morgan fingerprint density at radius 3 is 2.67 bits per heavy atom. The Labute approximate surface area is 149 Å². The van der Waals surface area contributed by atoms with Crippen molar-refractivity contribution in [1.29, 1.82) is 0 Å². The van der Waals surface area contributed by atoms with E-state index in [1.165, 1.54) is 7.11 Å². The van der Waals surface area contributed by atoms with Crippen molar-refractivity contribution in [3.8, 4) is 11.5 Å². The number of ether oxygens (including phenoxy) is 2. The molecule has 1 amide bonds. The van der Waals surface area contributed by atoms with Crippen LogP contribution in [0.15, 0.2) is 23.1 Å². The molecule has 0 unspecified atom stereocenters. The number of aliphatic carboxylic acids is 1. The van der Waals surface area contributed by atoms with Gasteiger partial charge in [0.15, 0.2) is 0 Å². The van der Waals surface area contributed by atoms with Crippen LogP contribution in [-0.4, -0.2) is 46.5 Å². The van der Waals surface area contributed by atoms with E-state index in [4.69, 9.17) is 21.7 Å². The molecule has 0 aromatic heterocycles. The minimum atomic E-state index is -1.07. The van der Waals surface area contributed by atoms with Gasteiger partial charge in [-0.3, -0.25) is 9.69 Å². The number of carbonyl (C=O) groups is 2. The average Bonchev–Trinajstić information content (AvgIpc) is 2.83. The van der Waals surface area contributed by atoms with E-state index in [0.717, 1.165) is 16.7 Å². The van der Waals surface area contributed by atoms with Gasteiger partial charge in [-0.2, -0.15) is 0 Å². The minimum Gasteiger partial charge on any atom is -0.497 e. The van der Waals surface area contributed by atoms with Crippen molar-refractivity contribution in [2.45, 2.75) is 19.4 Å². The fourth-order valence-corrected chi connectivity index (χ4v) is 3.64. The maximum atomic E-state index is 12.6. The first-order valence-corrected chi connectivity index (χ1v) is 8.37. The average molecular weight is 367 g/mol. The van der Waals surface area contributed by atoms with E-state index < -0.39 is 17.9 Å². The molecule has 1 aliphatic rings. The van der Waals surface area contributed by atoms with Crippen LogP contribution in [0, 0.1) is 0 Å². The SMILES string of the molecule is CC[C@H](C(=O)O)N1C(=O)/C(=C\c2ccc(OC)cc2OC)SC1=S. The van der Waals surface area contributed by atoms with Crippen molar-refractivity contribution >= 4 is 46.3 Å². The van der Waals surface area contributed by atoms with Crippen LogP contribution in [0.1, 0.15) is 18.9 Å². The van der Waals surface area contributed by atoms with Gasteiger partial charge in [0.25, 0.3) is 5.91 Å². The second kappa shape index (κ2) is 7.67. The number of carboxylic acids is 1. The molecule has 1 aliphatic heterocycles. The number of hydrogen-bond donors (Lipinski definition) is 1. The van der Waals surface area contributed by atoms with E-state index in [2.05, 4.69) is 0 Å². The molecule has 24 heavy (non-hydrogen) atoms. The summed E-state index contributed by atoms with van der Waals surface area (Å²) in [5.74, 6) is -0.299. The number of carboxylic acid groups (broad SMARTS) is 1. The number of methoxy groups -OCH3 is 2. The number of thioether (sulfide) groups is 1. The second-order valence-electron chi connectivity index (χ2n) is 4.92. The lowest BCUT2D eigenvalue weighted by Crippen LogP contribution is -2.43. The second-order valence-corrected chi connectivity index (χ2v) is 6.60. The molecule has 1 saturated heterocycles. The Hall–Kier alpha value is -2.06. The Morgan fingerprint density at radius 2 is 2.12 bits per heavy atom.